The van der Waals surface area contributed by atoms with Crippen LogP contribution >= 0.6 is 11.8 Å². The Balaban J connectivity index is 2.14. The summed E-state index contributed by atoms with van der Waals surface area (Å²) in [6.45, 7) is 8.00. The number of rotatable bonds is 6. The van der Waals surface area contributed by atoms with E-state index in [-0.39, 0.29) is 0 Å². The lowest BCUT2D eigenvalue weighted by atomic mass is 9.94. The largest absolute Gasteiger partial charge is 0.333 e. The third-order valence-corrected chi connectivity index (χ3v) is 6.25. The van der Waals surface area contributed by atoms with Gasteiger partial charge in [-0.15, -0.1) is 0 Å². The molecule has 1 saturated heterocycles. The third kappa shape index (κ3) is 3.34. The average molecular weight is 281 g/mol. The minimum atomic E-state index is 0.363. The second-order valence-electron chi connectivity index (χ2n) is 5.56. The molecule has 108 valence electrons. The van der Waals surface area contributed by atoms with E-state index in [1.165, 1.54) is 31.4 Å². The SMILES string of the molecule is CCC(CC)(Cn1cncc1C1CCNCC1)SC. The molecule has 1 aromatic rings. The van der Waals surface area contributed by atoms with Crippen molar-refractivity contribution in [2.75, 3.05) is 19.3 Å². The van der Waals surface area contributed by atoms with Gasteiger partial charge in [0.2, 0.25) is 0 Å². The van der Waals surface area contributed by atoms with E-state index in [4.69, 9.17) is 0 Å². The zero-order valence-electron chi connectivity index (χ0n) is 12.5. The van der Waals surface area contributed by atoms with Crippen LogP contribution in [0, 0.1) is 0 Å². The molecule has 1 N–H and O–H groups in total. The van der Waals surface area contributed by atoms with E-state index in [1.54, 1.807) is 0 Å². The van der Waals surface area contributed by atoms with Gasteiger partial charge in [-0.25, -0.2) is 4.98 Å². The Hall–Kier alpha value is -0.480. The van der Waals surface area contributed by atoms with Crippen LogP contribution in [0.2, 0.25) is 0 Å². The Morgan fingerprint density at radius 1 is 1.37 bits per heavy atom. The molecule has 0 bridgehead atoms. The van der Waals surface area contributed by atoms with Crippen molar-refractivity contribution in [2.24, 2.45) is 0 Å². The van der Waals surface area contributed by atoms with Crippen LogP contribution in [0.4, 0.5) is 0 Å². The molecule has 2 heterocycles. The number of imidazole rings is 1. The number of nitrogens with zero attached hydrogens (tertiary/aromatic N) is 2. The van der Waals surface area contributed by atoms with E-state index in [0.717, 1.165) is 19.6 Å². The molecular formula is C15H27N3S. The van der Waals surface area contributed by atoms with Crippen molar-refractivity contribution in [3.8, 4) is 0 Å². The molecule has 3 nitrogen and oxygen atoms in total. The molecule has 0 saturated carbocycles. The summed E-state index contributed by atoms with van der Waals surface area (Å²) in [4.78, 5) is 4.42. The van der Waals surface area contributed by atoms with Crippen molar-refractivity contribution in [3.63, 3.8) is 0 Å². The monoisotopic (exact) mass is 281 g/mol. The van der Waals surface area contributed by atoms with Gasteiger partial charge in [0.15, 0.2) is 0 Å². The Morgan fingerprint density at radius 3 is 2.63 bits per heavy atom. The van der Waals surface area contributed by atoms with Crippen molar-refractivity contribution in [1.82, 2.24) is 14.9 Å². The molecule has 0 unspecified atom stereocenters. The molecule has 1 aliphatic rings. The second kappa shape index (κ2) is 6.80. The van der Waals surface area contributed by atoms with Crippen LogP contribution in [-0.2, 0) is 6.54 Å². The summed E-state index contributed by atoms with van der Waals surface area (Å²) in [5, 5.41) is 3.44. The highest BCUT2D eigenvalue weighted by Gasteiger charge is 2.27. The first-order valence-corrected chi connectivity index (χ1v) is 8.73. The fourth-order valence-corrected chi connectivity index (χ4v) is 3.90. The molecule has 0 aromatic carbocycles. The molecule has 0 radical (unpaired) electrons. The summed E-state index contributed by atoms with van der Waals surface area (Å²) in [5.74, 6) is 0.692. The number of hydrogen-bond donors (Lipinski definition) is 1. The van der Waals surface area contributed by atoms with Gasteiger partial charge in [0, 0.05) is 29.1 Å². The van der Waals surface area contributed by atoms with Gasteiger partial charge in [0.1, 0.15) is 0 Å². The van der Waals surface area contributed by atoms with Crippen LogP contribution in [-0.4, -0.2) is 33.6 Å². The molecule has 0 amide bonds. The maximum atomic E-state index is 4.42. The molecule has 19 heavy (non-hydrogen) atoms. The quantitative estimate of drug-likeness (QED) is 0.868. The van der Waals surface area contributed by atoms with Gasteiger partial charge in [-0.05, 0) is 45.0 Å². The number of aromatic nitrogens is 2. The Labute approximate surface area is 121 Å². The average Bonchev–Trinajstić information content (AvgIpc) is 2.94. The van der Waals surface area contributed by atoms with Gasteiger partial charge < -0.3 is 9.88 Å². The number of piperidine rings is 1. The normalized spacial score (nSPS) is 17.8. The van der Waals surface area contributed by atoms with E-state index in [1.807, 2.05) is 18.1 Å². The summed E-state index contributed by atoms with van der Waals surface area (Å²) in [6, 6.07) is 0. The van der Waals surface area contributed by atoms with Crippen LogP contribution in [0.3, 0.4) is 0 Å². The highest BCUT2D eigenvalue weighted by Crippen LogP contribution is 2.34. The predicted octanol–water partition coefficient (Wildman–Crippen LogP) is 3.27. The van der Waals surface area contributed by atoms with Crippen molar-refractivity contribution in [3.05, 3.63) is 18.2 Å². The Bertz CT molecular complexity index is 370. The number of thioether (sulfide) groups is 1. The van der Waals surface area contributed by atoms with Gasteiger partial charge in [-0.2, -0.15) is 11.8 Å². The van der Waals surface area contributed by atoms with Crippen LogP contribution < -0.4 is 5.32 Å². The highest BCUT2D eigenvalue weighted by molar-refractivity contribution is 8.00. The van der Waals surface area contributed by atoms with Gasteiger partial charge in [0.25, 0.3) is 0 Å². The van der Waals surface area contributed by atoms with Crippen LogP contribution in [0.25, 0.3) is 0 Å². The van der Waals surface area contributed by atoms with Crippen molar-refractivity contribution >= 4 is 11.8 Å². The second-order valence-corrected chi connectivity index (χ2v) is 6.84. The summed E-state index contributed by atoms with van der Waals surface area (Å²) >= 11 is 2.01. The molecule has 0 spiro atoms. The molecule has 1 aliphatic heterocycles. The Morgan fingerprint density at radius 2 is 2.05 bits per heavy atom. The summed E-state index contributed by atoms with van der Waals surface area (Å²) in [5.41, 5.74) is 1.45. The first-order valence-electron chi connectivity index (χ1n) is 7.50. The zero-order chi connectivity index (χ0) is 13.7. The first-order chi connectivity index (χ1) is 9.24. The van der Waals surface area contributed by atoms with E-state index >= 15 is 0 Å². The summed E-state index contributed by atoms with van der Waals surface area (Å²) < 4.78 is 2.78. The maximum Gasteiger partial charge on any atom is 0.0948 e. The molecule has 2 rings (SSSR count). The fraction of sp³-hybridized carbons (Fsp3) is 0.800. The lowest BCUT2D eigenvalue weighted by Crippen LogP contribution is -2.32. The van der Waals surface area contributed by atoms with Crippen molar-refractivity contribution in [2.45, 2.75) is 56.7 Å². The minimum absolute atomic E-state index is 0.363. The molecule has 4 heteroatoms. The van der Waals surface area contributed by atoms with Crippen molar-refractivity contribution < 1.29 is 0 Å². The standard InChI is InChI=1S/C15H27N3S/c1-4-15(5-2,19-3)11-18-12-17-10-14(18)13-6-8-16-9-7-13/h10,12-13,16H,4-9,11H2,1-3H3. The smallest absolute Gasteiger partial charge is 0.0948 e. The van der Waals surface area contributed by atoms with Gasteiger partial charge >= 0.3 is 0 Å². The Kier molecular flexibility index (Phi) is 5.34. The van der Waals surface area contributed by atoms with Crippen LogP contribution in [0.1, 0.15) is 51.1 Å². The topological polar surface area (TPSA) is 29.9 Å². The molecule has 1 aromatic heterocycles. The van der Waals surface area contributed by atoms with E-state index in [9.17, 15) is 0 Å². The van der Waals surface area contributed by atoms with E-state index in [0.29, 0.717) is 10.7 Å². The summed E-state index contributed by atoms with van der Waals surface area (Å²) in [6.07, 6.45) is 11.3. The third-order valence-electron chi connectivity index (χ3n) is 4.68. The van der Waals surface area contributed by atoms with Crippen LogP contribution in [0.15, 0.2) is 12.5 Å². The lowest BCUT2D eigenvalue weighted by molar-refractivity contribution is 0.412. The van der Waals surface area contributed by atoms with E-state index < -0.39 is 0 Å². The van der Waals surface area contributed by atoms with Gasteiger partial charge in [-0.1, -0.05) is 13.8 Å². The number of hydrogen-bond acceptors (Lipinski definition) is 3. The van der Waals surface area contributed by atoms with Crippen molar-refractivity contribution in [1.29, 1.82) is 0 Å². The molecule has 0 atom stereocenters. The minimum Gasteiger partial charge on any atom is -0.333 e. The predicted molar refractivity (Wildman–Crippen MR) is 83.9 cm³/mol. The number of nitrogens with one attached hydrogen (secondary N) is 1. The lowest BCUT2D eigenvalue weighted by Gasteiger charge is -2.32. The molecule has 1 fully saturated rings. The molecular weight excluding hydrogens is 254 g/mol. The zero-order valence-corrected chi connectivity index (χ0v) is 13.3. The van der Waals surface area contributed by atoms with Gasteiger partial charge in [0.05, 0.1) is 6.33 Å². The van der Waals surface area contributed by atoms with Gasteiger partial charge in [-0.3, -0.25) is 0 Å². The van der Waals surface area contributed by atoms with E-state index in [2.05, 4.69) is 41.2 Å². The first kappa shape index (κ1) is 14.9. The maximum absolute atomic E-state index is 4.42. The fourth-order valence-electron chi connectivity index (χ4n) is 3.06. The highest BCUT2D eigenvalue weighted by atomic mass is 32.2. The van der Waals surface area contributed by atoms with Crippen LogP contribution in [0.5, 0.6) is 0 Å². The molecule has 0 aliphatic carbocycles. The summed E-state index contributed by atoms with van der Waals surface area (Å²) in [7, 11) is 0.